The smallest absolute Gasteiger partial charge is 0.309 e. The predicted octanol–water partition coefficient (Wildman–Crippen LogP) is 1.79. The average Bonchev–Trinajstić information content (AvgIpc) is 2.77. The van der Waals surface area contributed by atoms with E-state index in [-0.39, 0.29) is 24.5 Å². The minimum absolute atomic E-state index is 0.00284. The zero-order chi connectivity index (χ0) is 13.3. The lowest BCUT2D eigenvalue weighted by molar-refractivity contribution is -0.142. The van der Waals surface area contributed by atoms with Crippen LogP contribution in [0.25, 0.3) is 0 Å². The second-order valence-corrected chi connectivity index (χ2v) is 4.09. The SMILES string of the molecule is COc1cc(F)c(C2COCC2C(=O)O)c(F)c1. The van der Waals surface area contributed by atoms with Gasteiger partial charge in [0.1, 0.15) is 17.4 Å². The molecule has 1 aliphatic rings. The topological polar surface area (TPSA) is 55.8 Å². The van der Waals surface area contributed by atoms with Gasteiger partial charge in [0.05, 0.1) is 26.2 Å². The van der Waals surface area contributed by atoms with Gasteiger partial charge >= 0.3 is 5.97 Å². The fourth-order valence-electron chi connectivity index (χ4n) is 2.12. The fourth-order valence-corrected chi connectivity index (χ4v) is 2.12. The molecule has 6 heteroatoms. The fraction of sp³-hybridized carbons (Fsp3) is 0.417. The molecule has 1 aliphatic heterocycles. The molecule has 0 radical (unpaired) electrons. The normalized spacial score (nSPS) is 23.1. The number of halogens is 2. The maximum Gasteiger partial charge on any atom is 0.309 e. The number of hydrogen-bond donors (Lipinski definition) is 1. The first kappa shape index (κ1) is 12.8. The van der Waals surface area contributed by atoms with Crippen molar-refractivity contribution < 1.29 is 28.2 Å². The number of benzene rings is 1. The minimum Gasteiger partial charge on any atom is -0.497 e. The highest BCUT2D eigenvalue weighted by atomic mass is 19.1. The zero-order valence-electron chi connectivity index (χ0n) is 9.65. The van der Waals surface area contributed by atoms with Gasteiger partial charge in [-0.25, -0.2) is 8.78 Å². The lowest BCUT2D eigenvalue weighted by atomic mass is 9.88. The summed E-state index contributed by atoms with van der Waals surface area (Å²) in [6.07, 6.45) is 0. The van der Waals surface area contributed by atoms with Gasteiger partial charge in [0.2, 0.25) is 0 Å². The van der Waals surface area contributed by atoms with E-state index < -0.39 is 29.4 Å². The Bertz CT molecular complexity index is 452. The molecule has 0 aromatic heterocycles. The number of aliphatic carboxylic acids is 1. The first-order chi connectivity index (χ1) is 8.54. The summed E-state index contributed by atoms with van der Waals surface area (Å²) >= 11 is 0. The monoisotopic (exact) mass is 258 g/mol. The first-order valence-corrected chi connectivity index (χ1v) is 5.38. The molecule has 2 rings (SSSR count). The highest BCUT2D eigenvalue weighted by Gasteiger charge is 2.38. The van der Waals surface area contributed by atoms with Crippen LogP contribution in [0.5, 0.6) is 5.75 Å². The molecule has 1 heterocycles. The van der Waals surface area contributed by atoms with E-state index in [1.165, 1.54) is 7.11 Å². The van der Waals surface area contributed by atoms with E-state index in [2.05, 4.69) is 0 Å². The van der Waals surface area contributed by atoms with E-state index in [0.717, 1.165) is 12.1 Å². The molecule has 1 N–H and O–H groups in total. The molecule has 1 aromatic rings. The second-order valence-electron chi connectivity index (χ2n) is 4.09. The number of carboxylic acids is 1. The van der Waals surface area contributed by atoms with E-state index in [4.69, 9.17) is 14.6 Å². The Morgan fingerprint density at radius 3 is 2.50 bits per heavy atom. The number of carboxylic acid groups (broad SMARTS) is 1. The van der Waals surface area contributed by atoms with Crippen LogP contribution in [-0.4, -0.2) is 31.4 Å². The third-order valence-electron chi connectivity index (χ3n) is 3.06. The van der Waals surface area contributed by atoms with Crippen LogP contribution in [0.15, 0.2) is 12.1 Å². The van der Waals surface area contributed by atoms with Gasteiger partial charge in [0.15, 0.2) is 0 Å². The van der Waals surface area contributed by atoms with Gasteiger partial charge in [-0.05, 0) is 0 Å². The molecule has 0 bridgehead atoms. The molecule has 0 amide bonds. The van der Waals surface area contributed by atoms with Gasteiger partial charge < -0.3 is 14.6 Å². The third kappa shape index (κ3) is 2.15. The summed E-state index contributed by atoms with van der Waals surface area (Å²) in [5, 5.41) is 8.98. The van der Waals surface area contributed by atoms with Gasteiger partial charge in [-0.3, -0.25) is 4.79 Å². The Balaban J connectivity index is 2.41. The molecule has 18 heavy (non-hydrogen) atoms. The Morgan fingerprint density at radius 2 is 2.00 bits per heavy atom. The van der Waals surface area contributed by atoms with Crippen molar-refractivity contribution in [3.05, 3.63) is 29.3 Å². The summed E-state index contributed by atoms with van der Waals surface area (Å²) in [7, 11) is 1.30. The largest absolute Gasteiger partial charge is 0.497 e. The Kier molecular flexibility index (Phi) is 3.47. The highest BCUT2D eigenvalue weighted by molar-refractivity contribution is 5.72. The quantitative estimate of drug-likeness (QED) is 0.898. The molecular weight excluding hydrogens is 246 g/mol. The molecule has 1 aromatic carbocycles. The molecular formula is C12H12F2O4. The number of hydrogen-bond acceptors (Lipinski definition) is 3. The summed E-state index contributed by atoms with van der Waals surface area (Å²) in [6, 6.07) is 2.07. The molecule has 4 nitrogen and oxygen atoms in total. The number of carbonyl (C=O) groups is 1. The average molecular weight is 258 g/mol. The van der Waals surface area contributed by atoms with Crippen LogP contribution in [0.4, 0.5) is 8.78 Å². The Labute approximate surface area is 102 Å². The predicted molar refractivity (Wildman–Crippen MR) is 57.6 cm³/mol. The second kappa shape index (κ2) is 4.89. The van der Waals surface area contributed by atoms with Crippen molar-refractivity contribution in [3.8, 4) is 5.75 Å². The van der Waals surface area contributed by atoms with Crippen LogP contribution in [0, 0.1) is 17.6 Å². The number of ether oxygens (including phenoxy) is 2. The van der Waals surface area contributed by atoms with E-state index in [0.29, 0.717) is 0 Å². The summed E-state index contributed by atoms with van der Waals surface area (Å²) in [6.45, 7) is -0.0396. The van der Waals surface area contributed by atoms with E-state index in [1.807, 2.05) is 0 Å². The summed E-state index contributed by atoms with van der Waals surface area (Å²) < 4.78 is 37.4. The maximum absolute atomic E-state index is 13.8. The summed E-state index contributed by atoms with van der Waals surface area (Å²) in [4.78, 5) is 11.0. The van der Waals surface area contributed by atoms with Crippen molar-refractivity contribution in [2.75, 3.05) is 20.3 Å². The molecule has 0 aliphatic carbocycles. The lowest BCUT2D eigenvalue weighted by Gasteiger charge is -2.16. The van der Waals surface area contributed by atoms with E-state index in [9.17, 15) is 13.6 Å². The van der Waals surface area contributed by atoms with Gasteiger partial charge in [-0.2, -0.15) is 0 Å². The van der Waals surface area contributed by atoms with Crippen LogP contribution in [0.3, 0.4) is 0 Å². The van der Waals surface area contributed by atoms with E-state index in [1.54, 1.807) is 0 Å². The molecule has 2 atom stereocenters. The van der Waals surface area contributed by atoms with E-state index >= 15 is 0 Å². The minimum atomic E-state index is -1.12. The highest BCUT2D eigenvalue weighted by Crippen LogP contribution is 2.35. The third-order valence-corrected chi connectivity index (χ3v) is 3.06. The van der Waals surface area contributed by atoms with Crippen molar-refractivity contribution in [2.24, 2.45) is 5.92 Å². The van der Waals surface area contributed by atoms with Crippen LogP contribution >= 0.6 is 0 Å². The zero-order valence-corrected chi connectivity index (χ0v) is 9.65. The molecule has 0 saturated carbocycles. The van der Waals surface area contributed by atoms with Crippen molar-refractivity contribution in [3.63, 3.8) is 0 Å². The maximum atomic E-state index is 13.8. The molecule has 98 valence electrons. The number of rotatable bonds is 3. The molecule has 1 saturated heterocycles. The van der Waals surface area contributed by atoms with Gasteiger partial charge in [-0.15, -0.1) is 0 Å². The van der Waals surface area contributed by atoms with Gasteiger partial charge in [0, 0.05) is 23.6 Å². The summed E-state index contributed by atoms with van der Waals surface area (Å²) in [5.74, 6) is -4.43. The standard InChI is InChI=1S/C12H12F2O4/c1-17-6-2-9(13)11(10(14)3-6)7-4-18-5-8(7)12(15)16/h2-3,7-8H,4-5H2,1H3,(H,15,16). The van der Waals surface area contributed by atoms with Crippen LogP contribution in [-0.2, 0) is 9.53 Å². The van der Waals surface area contributed by atoms with Crippen LogP contribution < -0.4 is 4.74 Å². The van der Waals surface area contributed by atoms with Crippen molar-refractivity contribution >= 4 is 5.97 Å². The van der Waals surface area contributed by atoms with Gasteiger partial charge in [-0.1, -0.05) is 0 Å². The first-order valence-electron chi connectivity index (χ1n) is 5.38. The lowest BCUT2D eigenvalue weighted by Crippen LogP contribution is -2.22. The molecule has 2 unspecified atom stereocenters. The Hall–Kier alpha value is -1.69. The van der Waals surface area contributed by atoms with Crippen LogP contribution in [0.1, 0.15) is 11.5 Å². The molecule has 0 spiro atoms. The van der Waals surface area contributed by atoms with Crippen LogP contribution in [0.2, 0.25) is 0 Å². The van der Waals surface area contributed by atoms with Crippen molar-refractivity contribution in [1.82, 2.24) is 0 Å². The van der Waals surface area contributed by atoms with Crippen molar-refractivity contribution in [1.29, 1.82) is 0 Å². The molecule has 1 fully saturated rings. The number of methoxy groups -OCH3 is 1. The summed E-state index contributed by atoms with van der Waals surface area (Å²) in [5.41, 5.74) is -0.249. The van der Waals surface area contributed by atoms with Crippen molar-refractivity contribution in [2.45, 2.75) is 5.92 Å². The van der Waals surface area contributed by atoms with Gasteiger partial charge in [0.25, 0.3) is 0 Å². The Morgan fingerprint density at radius 1 is 1.39 bits per heavy atom.